The molecule has 0 aromatic heterocycles. The monoisotopic (exact) mass is 538 g/mol. The van der Waals surface area contributed by atoms with Gasteiger partial charge in [-0.05, 0) is 156 Å². The van der Waals surface area contributed by atoms with E-state index in [1.54, 1.807) is 0 Å². The van der Waals surface area contributed by atoms with Crippen molar-refractivity contribution in [3.8, 4) is 0 Å². The zero-order valence-electron chi connectivity index (χ0n) is 26.1. The fourth-order valence-corrected chi connectivity index (χ4v) is 5.54. The first-order valence-corrected chi connectivity index (χ1v) is 14.5. The van der Waals surface area contributed by atoms with Gasteiger partial charge >= 0.3 is 0 Å². The van der Waals surface area contributed by atoms with Crippen molar-refractivity contribution in [3.05, 3.63) is 141 Å². The highest BCUT2D eigenvalue weighted by atomic mass is 15.2. The minimum absolute atomic E-state index is 1.16. The van der Waals surface area contributed by atoms with Crippen LogP contribution in [0, 0.1) is 62.3 Å². The molecule has 0 heterocycles. The Bertz CT molecular complexity index is 1710. The van der Waals surface area contributed by atoms with Crippen molar-refractivity contribution in [2.24, 2.45) is 0 Å². The molecule has 5 aromatic carbocycles. The number of aryl methyl sites for hydroxylation is 7. The van der Waals surface area contributed by atoms with Gasteiger partial charge in [-0.15, -0.1) is 0 Å². The SMILES string of the molecule is Cc1ccc(N(c2ccc(C)c(C)c2)c2cc(C)c(N(c3ccc(C)cc3)c3ccc(C)c(C)c3C)cc2C)cc1. The van der Waals surface area contributed by atoms with Crippen LogP contribution in [0.1, 0.15) is 50.1 Å². The normalized spacial score (nSPS) is 11.0. The van der Waals surface area contributed by atoms with Gasteiger partial charge in [0.1, 0.15) is 0 Å². The predicted molar refractivity (Wildman–Crippen MR) is 178 cm³/mol. The standard InChI is InChI=1S/C39H42N2/c1-25-10-16-34(17-11-25)40(36-20-14-27(3)29(5)22-36)38-23-31(7)39(24-30(38)6)41(35-18-12-26(2)13-19-35)37-21-15-28(4)32(8)33(37)9/h10-24H,1-9H3. The van der Waals surface area contributed by atoms with Crippen LogP contribution >= 0.6 is 0 Å². The van der Waals surface area contributed by atoms with E-state index < -0.39 is 0 Å². The van der Waals surface area contributed by atoms with Crippen LogP contribution in [0.4, 0.5) is 34.1 Å². The van der Waals surface area contributed by atoms with E-state index in [9.17, 15) is 0 Å². The van der Waals surface area contributed by atoms with Gasteiger partial charge in [-0.1, -0.05) is 47.5 Å². The van der Waals surface area contributed by atoms with Crippen molar-refractivity contribution in [2.45, 2.75) is 62.3 Å². The minimum atomic E-state index is 1.16. The fourth-order valence-electron chi connectivity index (χ4n) is 5.54. The molecule has 2 heteroatoms. The lowest BCUT2D eigenvalue weighted by Crippen LogP contribution is -2.16. The molecule has 5 aromatic rings. The maximum absolute atomic E-state index is 2.43. The molecule has 0 aliphatic rings. The van der Waals surface area contributed by atoms with E-state index in [4.69, 9.17) is 0 Å². The van der Waals surface area contributed by atoms with Gasteiger partial charge in [0.05, 0.1) is 0 Å². The van der Waals surface area contributed by atoms with E-state index in [0.29, 0.717) is 0 Å². The number of rotatable bonds is 6. The summed E-state index contributed by atoms with van der Waals surface area (Å²) in [5, 5.41) is 0. The van der Waals surface area contributed by atoms with Gasteiger partial charge in [0.15, 0.2) is 0 Å². The Morgan fingerprint density at radius 2 is 0.780 bits per heavy atom. The van der Waals surface area contributed by atoms with Gasteiger partial charge in [-0.2, -0.15) is 0 Å². The van der Waals surface area contributed by atoms with E-state index in [1.807, 2.05) is 0 Å². The Labute approximate surface area is 246 Å². The zero-order chi connectivity index (χ0) is 29.4. The topological polar surface area (TPSA) is 6.48 Å². The van der Waals surface area contributed by atoms with E-state index in [2.05, 4.69) is 163 Å². The molecular formula is C39H42N2. The molecule has 0 bridgehead atoms. The second-order valence-electron chi connectivity index (χ2n) is 11.7. The van der Waals surface area contributed by atoms with Crippen LogP contribution in [0.3, 0.4) is 0 Å². The van der Waals surface area contributed by atoms with Crippen LogP contribution in [0.25, 0.3) is 0 Å². The van der Waals surface area contributed by atoms with Gasteiger partial charge in [0, 0.05) is 34.1 Å². The first-order valence-electron chi connectivity index (χ1n) is 14.5. The molecule has 0 unspecified atom stereocenters. The van der Waals surface area contributed by atoms with Crippen molar-refractivity contribution < 1.29 is 0 Å². The van der Waals surface area contributed by atoms with Crippen LogP contribution < -0.4 is 9.80 Å². The Balaban J connectivity index is 1.72. The molecule has 0 spiro atoms. The summed E-state index contributed by atoms with van der Waals surface area (Å²) in [6.07, 6.45) is 0. The molecule has 0 saturated carbocycles. The molecule has 41 heavy (non-hydrogen) atoms. The number of hydrogen-bond donors (Lipinski definition) is 0. The highest BCUT2D eigenvalue weighted by Gasteiger charge is 2.22. The largest absolute Gasteiger partial charge is 0.310 e. The maximum atomic E-state index is 2.43. The molecule has 0 radical (unpaired) electrons. The molecule has 2 nitrogen and oxygen atoms in total. The summed E-state index contributed by atoms with van der Waals surface area (Å²) in [7, 11) is 0. The van der Waals surface area contributed by atoms with Gasteiger partial charge in [0.2, 0.25) is 0 Å². The molecule has 5 rings (SSSR count). The van der Waals surface area contributed by atoms with E-state index in [-0.39, 0.29) is 0 Å². The summed E-state index contributed by atoms with van der Waals surface area (Å²) in [4.78, 5) is 4.83. The van der Waals surface area contributed by atoms with E-state index in [1.165, 1.54) is 78.5 Å². The molecule has 0 atom stereocenters. The molecule has 0 fully saturated rings. The first-order chi connectivity index (χ1) is 19.5. The van der Waals surface area contributed by atoms with Crippen LogP contribution in [0.5, 0.6) is 0 Å². The highest BCUT2D eigenvalue weighted by Crippen LogP contribution is 2.44. The summed E-state index contributed by atoms with van der Waals surface area (Å²) in [5.74, 6) is 0. The summed E-state index contributed by atoms with van der Waals surface area (Å²) in [6.45, 7) is 19.8. The van der Waals surface area contributed by atoms with Gasteiger partial charge in [0.25, 0.3) is 0 Å². The van der Waals surface area contributed by atoms with Crippen LogP contribution in [0.2, 0.25) is 0 Å². The first kappa shape index (κ1) is 28.2. The number of anilines is 6. The second kappa shape index (κ2) is 11.3. The molecule has 0 aliphatic carbocycles. The summed E-state index contributed by atoms with van der Waals surface area (Å²) in [6, 6.07) is 33.7. The van der Waals surface area contributed by atoms with Crippen molar-refractivity contribution >= 4 is 34.1 Å². The summed E-state index contributed by atoms with van der Waals surface area (Å²) < 4.78 is 0. The van der Waals surface area contributed by atoms with Crippen molar-refractivity contribution in [3.63, 3.8) is 0 Å². The Morgan fingerprint density at radius 1 is 0.317 bits per heavy atom. The molecular weight excluding hydrogens is 496 g/mol. The van der Waals surface area contributed by atoms with Crippen molar-refractivity contribution in [1.29, 1.82) is 0 Å². The number of hydrogen-bond acceptors (Lipinski definition) is 2. The zero-order valence-corrected chi connectivity index (χ0v) is 26.1. The Hall–Kier alpha value is -4.30. The molecule has 0 aliphatic heterocycles. The van der Waals surface area contributed by atoms with Gasteiger partial charge in [-0.3, -0.25) is 0 Å². The number of benzene rings is 5. The Morgan fingerprint density at radius 3 is 1.32 bits per heavy atom. The highest BCUT2D eigenvalue weighted by molar-refractivity contribution is 5.86. The number of nitrogens with zero attached hydrogens (tertiary/aromatic N) is 2. The molecule has 0 saturated heterocycles. The van der Waals surface area contributed by atoms with E-state index >= 15 is 0 Å². The van der Waals surface area contributed by atoms with Crippen molar-refractivity contribution in [1.82, 2.24) is 0 Å². The fraction of sp³-hybridized carbons (Fsp3) is 0.231. The van der Waals surface area contributed by atoms with Gasteiger partial charge < -0.3 is 9.80 Å². The lowest BCUT2D eigenvalue weighted by atomic mass is 9.99. The third kappa shape index (κ3) is 5.52. The third-order valence-electron chi connectivity index (χ3n) is 8.60. The third-order valence-corrected chi connectivity index (χ3v) is 8.60. The quantitative estimate of drug-likeness (QED) is 0.212. The smallest absolute Gasteiger partial charge is 0.0495 e. The van der Waals surface area contributed by atoms with Crippen LogP contribution in [0.15, 0.2) is 91.0 Å². The van der Waals surface area contributed by atoms with Crippen LogP contribution in [-0.2, 0) is 0 Å². The molecule has 208 valence electrons. The predicted octanol–water partition coefficient (Wildman–Crippen LogP) is 11.4. The van der Waals surface area contributed by atoms with Crippen molar-refractivity contribution in [2.75, 3.05) is 9.80 Å². The second-order valence-corrected chi connectivity index (χ2v) is 11.7. The summed E-state index contributed by atoms with van der Waals surface area (Å²) in [5.41, 5.74) is 18.7. The average molecular weight is 539 g/mol. The minimum Gasteiger partial charge on any atom is -0.310 e. The van der Waals surface area contributed by atoms with Crippen LogP contribution in [-0.4, -0.2) is 0 Å². The lowest BCUT2D eigenvalue weighted by molar-refractivity contribution is 1.17. The lowest BCUT2D eigenvalue weighted by Gasteiger charge is -2.32. The van der Waals surface area contributed by atoms with Gasteiger partial charge in [-0.25, -0.2) is 0 Å². The van der Waals surface area contributed by atoms with E-state index in [0.717, 1.165) is 5.69 Å². The maximum Gasteiger partial charge on any atom is 0.0495 e. The Kier molecular flexibility index (Phi) is 7.78. The summed E-state index contributed by atoms with van der Waals surface area (Å²) >= 11 is 0. The average Bonchev–Trinajstić information content (AvgIpc) is 2.95. The molecule has 0 amide bonds. The molecule has 0 N–H and O–H groups in total.